The van der Waals surface area contributed by atoms with E-state index >= 15 is 0 Å². The summed E-state index contributed by atoms with van der Waals surface area (Å²) >= 11 is 0. The quantitative estimate of drug-likeness (QED) is 0.718. The summed E-state index contributed by atoms with van der Waals surface area (Å²) in [5.74, 6) is 0.0243. The topological polar surface area (TPSA) is 39.2 Å². The van der Waals surface area contributed by atoms with Crippen molar-refractivity contribution in [2.75, 3.05) is 7.11 Å². The van der Waals surface area contributed by atoms with Crippen LogP contribution in [0.25, 0.3) is 0 Å². The number of ketones is 1. The highest BCUT2D eigenvalue weighted by molar-refractivity contribution is 6.02. The molecule has 0 aliphatic rings. The van der Waals surface area contributed by atoms with Crippen molar-refractivity contribution in [3.63, 3.8) is 0 Å². The summed E-state index contributed by atoms with van der Waals surface area (Å²) in [7, 11) is 1.59. The van der Waals surface area contributed by atoms with Gasteiger partial charge in [-0.2, -0.15) is 0 Å². The van der Waals surface area contributed by atoms with E-state index in [2.05, 4.69) is 4.98 Å². The molecule has 3 nitrogen and oxygen atoms in total. The monoisotopic (exact) mass is 221 g/mol. The summed E-state index contributed by atoms with van der Waals surface area (Å²) in [6.45, 7) is 5.86. The zero-order chi connectivity index (χ0) is 12.2. The number of aromatic nitrogens is 1. The molecule has 88 valence electrons. The van der Waals surface area contributed by atoms with Gasteiger partial charge in [-0.05, 0) is 31.4 Å². The largest absolute Gasteiger partial charge is 0.370 e. The number of aryl methyl sites for hydroxylation is 1. The van der Waals surface area contributed by atoms with Gasteiger partial charge in [0.2, 0.25) is 0 Å². The zero-order valence-electron chi connectivity index (χ0n) is 10.4. The highest BCUT2D eigenvalue weighted by Crippen LogP contribution is 2.24. The van der Waals surface area contributed by atoms with Crippen molar-refractivity contribution in [1.29, 1.82) is 0 Å². The molecule has 0 aliphatic carbocycles. The predicted molar refractivity (Wildman–Crippen MR) is 63.6 cm³/mol. The molecule has 1 rings (SSSR count). The SMILES string of the molecule is CCC(CC)(OC)C(=O)c1cncc(C)c1. The van der Waals surface area contributed by atoms with Gasteiger partial charge in [-0.25, -0.2) is 0 Å². The summed E-state index contributed by atoms with van der Waals surface area (Å²) in [4.78, 5) is 16.4. The van der Waals surface area contributed by atoms with Crippen molar-refractivity contribution in [2.45, 2.75) is 39.2 Å². The Morgan fingerprint density at radius 1 is 1.38 bits per heavy atom. The third-order valence-corrected chi connectivity index (χ3v) is 3.08. The number of hydrogen-bond donors (Lipinski definition) is 0. The molecule has 0 radical (unpaired) electrons. The van der Waals surface area contributed by atoms with Crippen molar-refractivity contribution in [3.8, 4) is 0 Å². The first-order valence-corrected chi connectivity index (χ1v) is 5.61. The second-order valence-corrected chi connectivity index (χ2v) is 3.99. The van der Waals surface area contributed by atoms with Crippen LogP contribution < -0.4 is 0 Å². The molecule has 0 saturated carbocycles. The van der Waals surface area contributed by atoms with Gasteiger partial charge in [0.25, 0.3) is 0 Å². The van der Waals surface area contributed by atoms with Crippen LogP contribution in [-0.2, 0) is 4.74 Å². The molecule has 0 aliphatic heterocycles. The maximum atomic E-state index is 12.3. The molecule has 0 aromatic carbocycles. The van der Waals surface area contributed by atoms with Crippen molar-refractivity contribution in [2.24, 2.45) is 0 Å². The van der Waals surface area contributed by atoms with Gasteiger partial charge in [-0.15, -0.1) is 0 Å². The number of hydrogen-bond acceptors (Lipinski definition) is 3. The number of pyridine rings is 1. The molecule has 3 heteroatoms. The molecule has 0 bridgehead atoms. The zero-order valence-corrected chi connectivity index (χ0v) is 10.4. The van der Waals surface area contributed by atoms with E-state index in [-0.39, 0.29) is 5.78 Å². The van der Waals surface area contributed by atoms with Crippen LogP contribution in [-0.4, -0.2) is 23.5 Å². The number of nitrogens with zero attached hydrogens (tertiary/aromatic N) is 1. The molecule has 16 heavy (non-hydrogen) atoms. The lowest BCUT2D eigenvalue weighted by molar-refractivity contribution is -0.00264. The minimum Gasteiger partial charge on any atom is -0.370 e. The Labute approximate surface area is 96.8 Å². The molecule has 0 amide bonds. The van der Waals surface area contributed by atoms with Crippen LogP contribution in [0.4, 0.5) is 0 Å². The Kier molecular flexibility index (Phi) is 4.19. The van der Waals surface area contributed by atoms with Gasteiger partial charge >= 0.3 is 0 Å². The fourth-order valence-electron chi connectivity index (χ4n) is 1.89. The minimum atomic E-state index is -0.699. The third kappa shape index (κ3) is 2.30. The summed E-state index contributed by atoms with van der Waals surface area (Å²) in [5.41, 5.74) is 0.920. The first-order valence-electron chi connectivity index (χ1n) is 5.61. The van der Waals surface area contributed by atoms with Crippen LogP contribution in [0.3, 0.4) is 0 Å². The minimum absolute atomic E-state index is 0.0243. The molecular formula is C13H19NO2. The van der Waals surface area contributed by atoms with Gasteiger partial charge in [0.15, 0.2) is 5.78 Å². The molecular weight excluding hydrogens is 202 g/mol. The normalized spacial score (nSPS) is 11.5. The average molecular weight is 221 g/mol. The highest BCUT2D eigenvalue weighted by Gasteiger charge is 2.35. The lowest BCUT2D eigenvalue weighted by Gasteiger charge is -2.28. The standard InChI is InChI=1S/C13H19NO2/c1-5-13(6-2,16-4)12(15)11-7-10(3)8-14-9-11/h7-9H,5-6H2,1-4H3. The third-order valence-electron chi connectivity index (χ3n) is 3.08. The van der Waals surface area contributed by atoms with Crippen LogP contribution in [0, 0.1) is 6.92 Å². The second-order valence-electron chi connectivity index (χ2n) is 3.99. The van der Waals surface area contributed by atoms with Gasteiger partial charge in [0.1, 0.15) is 5.60 Å². The van der Waals surface area contributed by atoms with Crippen LogP contribution in [0.2, 0.25) is 0 Å². The Morgan fingerprint density at radius 2 is 2.00 bits per heavy atom. The Morgan fingerprint density at radius 3 is 2.44 bits per heavy atom. The van der Waals surface area contributed by atoms with Crippen LogP contribution >= 0.6 is 0 Å². The van der Waals surface area contributed by atoms with Crippen molar-refractivity contribution >= 4 is 5.78 Å². The molecule has 0 fully saturated rings. The fourth-order valence-corrected chi connectivity index (χ4v) is 1.89. The maximum absolute atomic E-state index is 12.3. The van der Waals surface area contributed by atoms with E-state index < -0.39 is 5.60 Å². The summed E-state index contributed by atoms with van der Waals surface area (Å²) in [6, 6.07) is 1.86. The Hall–Kier alpha value is -1.22. The summed E-state index contributed by atoms with van der Waals surface area (Å²) in [5, 5.41) is 0. The molecule has 0 saturated heterocycles. The number of ether oxygens (including phenoxy) is 1. The van der Waals surface area contributed by atoms with Crippen LogP contribution in [0.5, 0.6) is 0 Å². The van der Waals surface area contributed by atoms with E-state index in [9.17, 15) is 4.79 Å². The number of rotatable bonds is 5. The lowest BCUT2D eigenvalue weighted by atomic mass is 9.88. The van der Waals surface area contributed by atoms with Gasteiger partial charge in [0, 0.05) is 25.1 Å². The van der Waals surface area contributed by atoms with Crippen molar-refractivity contribution < 1.29 is 9.53 Å². The highest BCUT2D eigenvalue weighted by atomic mass is 16.5. The molecule has 0 spiro atoms. The molecule has 1 heterocycles. The maximum Gasteiger partial charge on any atom is 0.196 e. The smallest absolute Gasteiger partial charge is 0.196 e. The average Bonchev–Trinajstić information content (AvgIpc) is 2.32. The Bertz CT molecular complexity index is 362. The number of carbonyl (C=O) groups excluding carboxylic acids is 1. The van der Waals surface area contributed by atoms with Crippen molar-refractivity contribution in [1.82, 2.24) is 4.98 Å². The van der Waals surface area contributed by atoms with Crippen LogP contribution in [0.15, 0.2) is 18.5 Å². The number of Topliss-reactive ketones (excluding diaryl/α,β-unsaturated/α-hetero) is 1. The van der Waals surface area contributed by atoms with Crippen molar-refractivity contribution in [3.05, 3.63) is 29.6 Å². The number of methoxy groups -OCH3 is 1. The van der Waals surface area contributed by atoms with E-state index in [0.29, 0.717) is 18.4 Å². The summed E-state index contributed by atoms with van der Waals surface area (Å²) in [6.07, 6.45) is 4.69. The number of carbonyl (C=O) groups is 1. The first-order chi connectivity index (χ1) is 7.59. The van der Waals surface area contributed by atoms with Gasteiger partial charge in [0.05, 0.1) is 0 Å². The lowest BCUT2D eigenvalue weighted by Crippen LogP contribution is -2.39. The van der Waals surface area contributed by atoms with Gasteiger partial charge in [-0.3, -0.25) is 9.78 Å². The van der Waals surface area contributed by atoms with E-state index in [4.69, 9.17) is 4.74 Å². The van der Waals surface area contributed by atoms with E-state index in [1.54, 1.807) is 19.5 Å². The molecule has 1 aromatic heterocycles. The van der Waals surface area contributed by atoms with Gasteiger partial charge < -0.3 is 4.74 Å². The van der Waals surface area contributed by atoms with E-state index in [1.807, 2.05) is 26.8 Å². The predicted octanol–water partition coefficient (Wildman–Crippen LogP) is 2.78. The Balaban J connectivity index is 3.09. The molecule has 0 N–H and O–H groups in total. The summed E-state index contributed by atoms with van der Waals surface area (Å²) < 4.78 is 5.42. The fraction of sp³-hybridized carbons (Fsp3) is 0.538. The van der Waals surface area contributed by atoms with E-state index in [0.717, 1.165) is 5.56 Å². The molecule has 1 aromatic rings. The molecule has 0 atom stereocenters. The first kappa shape index (κ1) is 12.8. The molecule has 0 unspecified atom stereocenters. The second kappa shape index (κ2) is 5.21. The van der Waals surface area contributed by atoms with Crippen LogP contribution in [0.1, 0.15) is 42.6 Å². The van der Waals surface area contributed by atoms with E-state index in [1.165, 1.54) is 0 Å². The van der Waals surface area contributed by atoms with Gasteiger partial charge in [-0.1, -0.05) is 13.8 Å².